The second-order valence-electron chi connectivity index (χ2n) is 8.12. The highest BCUT2D eigenvalue weighted by molar-refractivity contribution is 7.89. The van der Waals surface area contributed by atoms with Gasteiger partial charge in [-0.25, -0.2) is 17.8 Å². The lowest BCUT2D eigenvalue weighted by molar-refractivity contribution is 0.329. The Morgan fingerprint density at radius 2 is 1.85 bits per heavy atom. The summed E-state index contributed by atoms with van der Waals surface area (Å²) >= 11 is 6.39. The van der Waals surface area contributed by atoms with Gasteiger partial charge in [0.05, 0.1) is 10.6 Å². The summed E-state index contributed by atoms with van der Waals surface area (Å²) in [6.07, 6.45) is 2.67. The van der Waals surface area contributed by atoms with E-state index in [1.54, 1.807) is 10.6 Å². The molecule has 0 unspecified atom stereocenters. The molecule has 1 fully saturated rings. The van der Waals surface area contributed by atoms with Crippen LogP contribution in [0.25, 0.3) is 16.9 Å². The molecule has 34 heavy (non-hydrogen) atoms. The van der Waals surface area contributed by atoms with Crippen molar-refractivity contribution in [3.63, 3.8) is 0 Å². The minimum absolute atomic E-state index is 0.00548. The molecule has 3 heterocycles. The molecule has 0 spiro atoms. The van der Waals surface area contributed by atoms with Gasteiger partial charge in [0.1, 0.15) is 19.5 Å². The number of aromatic nitrogens is 3. The fourth-order valence-corrected chi connectivity index (χ4v) is 5.85. The summed E-state index contributed by atoms with van der Waals surface area (Å²) in [7, 11) is 2.34. The van der Waals surface area contributed by atoms with Gasteiger partial charge in [0.2, 0.25) is 10.0 Å². The Morgan fingerprint density at radius 1 is 1.09 bits per heavy atom. The molecular weight excluding hydrogens is 476 g/mol. The number of nitrogens with one attached hydrogen (secondary N) is 1. The van der Waals surface area contributed by atoms with Crippen molar-refractivity contribution in [1.29, 1.82) is 0 Å². The lowest BCUT2D eigenvalue weighted by Gasteiger charge is -2.32. The van der Waals surface area contributed by atoms with Crippen LogP contribution in [0.15, 0.2) is 65.7 Å². The molecule has 0 aliphatic carbocycles. The second-order valence-corrected chi connectivity index (χ2v) is 10.5. The molecule has 0 amide bonds. The topological polar surface area (TPSA) is 79.6 Å². The van der Waals surface area contributed by atoms with Gasteiger partial charge in [-0.3, -0.25) is 0 Å². The van der Waals surface area contributed by atoms with Gasteiger partial charge in [-0.15, -0.1) is 0 Å². The van der Waals surface area contributed by atoms with E-state index in [0.717, 1.165) is 11.6 Å². The maximum Gasteiger partial charge on any atom is 0.243 e. The zero-order valence-corrected chi connectivity index (χ0v) is 19.6. The first-order chi connectivity index (χ1) is 16.3. The summed E-state index contributed by atoms with van der Waals surface area (Å²) in [5, 5.41) is 8.37. The average Bonchev–Trinajstić information content (AvgIpc) is 3.21. The van der Waals surface area contributed by atoms with Crippen LogP contribution in [0, 0.1) is 5.82 Å². The molecule has 172 valence electrons. The third-order valence-corrected chi connectivity index (χ3v) is 8.11. The van der Waals surface area contributed by atoms with Crippen molar-refractivity contribution in [1.82, 2.24) is 18.9 Å². The molecule has 5 rings (SSSR count). The smallest absolute Gasteiger partial charge is 0.243 e. The van der Waals surface area contributed by atoms with Crippen molar-refractivity contribution in [2.45, 2.75) is 23.8 Å². The van der Waals surface area contributed by atoms with E-state index in [1.807, 2.05) is 24.3 Å². The number of halogens is 2. The van der Waals surface area contributed by atoms with Gasteiger partial charge in [0, 0.05) is 42.0 Å². The van der Waals surface area contributed by atoms with Crippen LogP contribution < -0.4 is 10.8 Å². The Balaban J connectivity index is 1.38. The Kier molecular flexibility index (Phi) is 6.05. The number of fused-ring (bicyclic) bond motifs is 1. The van der Waals surface area contributed by atoms with E-state index in [9.17, 15) is 12.8 Å². The predicted molar refractivity (Wildman–Crippen MR) is 131 cm³/mol. The highest BCUT2D eigenvalue weighted by Crippen LogP contribution is 2.29. The normalized spacial score (nSPS) is 15.6. The molecule has 0 atom stereocenters. The summed E-state index contributed by atoms with van der Waals surface area (Å²) in [5.41, 5.74) is 2.37. The van der Waals surface area contributed by atoms with E-state index in [2.05, 4.69) is 15.4 Å². The number of sulfonamides is 1. The SMILES string of the molecule is [B]c1cnn2c(NC3CCN(S(=O)(=O)c4cccc(F)c4)CC3)cc(-c3ccccc3Cl)nc12. The third kappa shape index (κ3) is 4.28. The second kappa shape index (κ2) is 9.01. The van der Waals surface area contributed by atoms with Crippen LogP contribution in [0.2, 0.25) is 5.02 Å². The van der Waals surface area contributed by atoms with Gasteiger partial charge in [-0.1, -0.05) is 35.9 Å². The molecule has 2 radical (unpaired) electrons. The number of benzene rings is 2. The maximum absolute atomic E-state index is 13.6. The van der Waals surface area contributed by atoms with Gasteiger partial charge in [0.15, 0.2) is 5.65 Å². The number of rotatable bonds is 5. The quantitative estimate of drug-likeness (QED) is 0.430. The molecule has 11 heteroatoms. The van der Waals surface area contributed by atoms with Crippen LogP contribution in [-0.4, -0.2) is 54.3 Å². The minimum atomic E-state index is -3.75. The highest BCUT2D eigenvalue weighted by Gasteiger charge is 2.30. The Bertz CT molecular complexity index is 1470. The maximum atomic E-state index is 13.6. The van der Waals surface area contributed by atoms with E-state index in [1.165, 1.54) is 28.7 Å². The van der Waals surface area contributed by atoms with Gasteiger partial charge in [-0.2, -0.15) is 13.9 Å². The van der Waals surface area contributed by atoms with Crippen LogP contribution in [-0.2, 0) is 10.0 Å². The summed E-state index contributed by atoms with van der Waals surface area (Å²) in [6.45, 7) is 0.618. The van der Waals surface area contributed by atoms with Crippen LogP contribution in [0.1, 0.15) is 12.8 Å². The lowest BCUT2D eigenvalue weighted by atomic mass is 10.0. The summed E-state index contributed by atoms with van der Waals surface area (Å²) in [5.74, 6) is 0.107. The van der Waals surface area contributed by atoms with Gasteiger partial charge >= 0.3 is 0 Å². The first-order valence-corrected chi connectivity index (χ1v) is 12.6. The monoisotopic (exact) mass is 495 g/mol. The molecule has 7 nitrogen and oxygen atoms in total. The van der Waals surface area contributed by atoms with Crippen molar-refractivity contribution in [2.75, 3.05) is 18.4 Å². The molecule has 1 saturated heterocycles. The molecule has 1 aliphatic rings. The van der Waals surface area contributed by atoms with Crippen molar-refractivity contribution in [3.05, 3.63) is 71.6 Å². The Labute approximate surface area is 203 Å². The highest BCUT2D eigenvalue weighted by atomic mass is 35.5. The number of anilines is 1. The summed E-state index contributed by atoms with van der Waals surface area (Å²) < 4.78 is 42.4. The average molecular weight is 496 g/mol. The first kappa shape index (κ1) is 22.8. The fourth-order valence-electron chi connectivity index (χ4n) is 4.12. The van der Waals surface area contributed by atoms with E-state index >= 15 is 0 Å². The van der Waals surface area contributed by atoms with Crippen molar-refractivity contribution in [2.24, 2.45) is 0 Å². The van der Waals surface area contributed by atoms with Gasteiger partial charge in [0.25, 0.3) is 0 Å². The molecule has 0 bridgehead atoms. The molecule has 2 aromatic carbocycles. The molecule has 1 aliphatic heterocycles. The standard InChI is InChI=1S/C23H20BClFN5O2S/c24-19-14-27-31-22(13-21(29-23(19)31)18-6-1-2-7-20(18)25)28-16-8-10-30(11-9-16)34(32,33)17-5-3-4-15(26)12-17/h1-7,12-14,16,28H,8-11H2. The fraction of sp³-hybridized carbons (Fsp3) is 0.217. The number of nitrogens with zero attached hydrogens (tertiary/aromatic N) is 4. The van der Waals surface area contributed by atoms with Crippen LogP contribution in [0.5, 0.6) is 0 Å². The lowest BCUT2D eigenvalue weighted by Crippen LogP contribution is -2.42. The Hall–Kier alpha value is -2.95. The number of hydrogen-bond donors (Lipinski definition) is 1. The van der Waals surface area contributed by atoms with Crippen molar-refractivity contribution in [3.8, 4) is 11.3 Å². The molecule has 1 N–H and O–H groups in total. The predicted octanol–water partition coefficient (Wildman–Crippen LogP) is 3.25. The largest absolute Gasteiger partial charge is 0.367 e. The Morgan fingerprint density at radius 3 is 2.59 bits per heavy atom. The summed E-state index contributed by atoms with van der Waals surface area (Å²) in [6, 6.07) is 14.3. The first-order valence-electron chi connectivity index (χ1n) is 10.7. The molecule has 0 saturated carbocycles. The molecule has 2 aromatic heterocycles. The minimum Gasteiger partial charge on any atom is -0.367 e. The van der Waals surface area contributed by atoms with E-state index in [0.29, 0.717) is 53.6 Å². The van der Waals surface area contributed by atoms with Crippen LogP contribution in [0.4, 0.5) is 10.2 Å². The third-order valence-electron chi connectivity index (χ3n) is 5.89. The van der Waals surface area contributed by atoms with E-state index in [-0.39, 0.29) is 10.9 Å². The zero-order chi connectivity index (χ0) is 23.9. The molecule has 4 aromatic rings. The van der Waals surface area contributed by atoms with Crippen molar-refractivity contribution < 1.29 is 12.8 Å². The van der Waals surface area contributed by atoms with Crippen LogP contribution >= 0.6 is 11.6 Å². The van der Waals surface area contributed by atoms with Crippen LogP contribution in [0.3, 0.4) is 0 Å². The van der Waals surface area contributed by atoms with Crippen molar-refractivity contribution >= 4 is 46.4 Å². The number of hydrogen-bond acceptors (Lipinski definition) is 5. The van der Waals surface area contributed by atoms with E-state index in [4.69, 9.17) is 19.4 Å². The molecular formula is C23H20BClFN5O2S. The number of piperidine rings is 1. The van der Waals surface area contributed by atoms with Gasteiger partial charge in [-0.05, 0) is 42.6 Å². The van der Waals surface area contributed by atoms with E-state index < -0.39 is 15.8 Å². The summed E-state index contributed by atoms with van der Waals surface area (Å²) in [4.78, 5) is 4.60. The zero-order valence-electron chi connectivity index (χ0n) is 18.0. The van der Waals surface area contributed by atoms with Gasteiger partial charge < -0.3 is 5.32 Å².